The minimum absolute atomic E-state index is 0.130. The summed E-state index contributed by atoms with van der Waals surface area (Å²) in [6.45, 7) is 3.44. The third-order valence-corrected chi connectivity index (χ3v) is 5.53. The average Bonchev–Trinajstić information content (AvgIpc) is 3.35. The van der Waals surface area contributed by atoms with Gasteiger partial charge in [0.05, 0.1) is 5.69 Å². The standard InChI is InChI=1S/C18H19ClN2O3S/c1-10(12-6-7-12)20-15(22)9-24-18(23)16-11(2)21-17(25-16)13-4-3-5-14(19)8-13/h3-5,8,10,12H,6-7,9H2,1-2H3,(H,20,22)/t10-/m1/s1. The lowest BCUT2D eigenvalue weighted by Crippen LogP contribution is -2.37. The Labute approximate surface area is 155 Å². The topological polar surface area (TPSA) is 68.3 Å². The zero-order chi connectivity index (χ0) is 18.0. The molecule has 1 N–H and O–H groups in total. The third-order valence-electron chi connectivity index (χ3n) is 4.11. The molecule has 1 saturated carbocycles. The first-order chi connectivity index (χ1) is 11.9. The summed E-state index contributed by atoms with van der Waals surface area (Å²) < 4.78 is 5.14. The Morgan fingerprint density at radius 2 is 2.20 bits per heavy atom. The maximum Gasteiger partial charge on any atom is 0.350 e. The fourth-order valence-electron chi connectivity index (χ4n) is 2.54. The first kappa shape index (κ1) is 17.9. The Morgan fingerprint density at radius 1 is 1.44 bits per heavy atom. The van der Waals surface area contributed by atoms with E-state index in [1.807, 2.05) is 19.1 Å². The van der Waals surface area contributed by atoms with Crippen LogP contribution in [0.4, 0.5) is 0 Å². The molecule has 2 aromatic rings. The summed E-state index contributed by atoms with van der Waals surface area (Å²) in [7, 11) is 0. The fraction of sp³-hybridized carbons (Fsp3) is 0.389. The van der Waals surface area contributed by atoms with Crippen molar-refractivity contribution in [1.82, 2.24) is 10.3 Å². The Bertz CT molecular complexity index is 801. The van der Waals surface area contributed by atoms with Gasteiger partial charge in [0.25, 0.3) is 5.91 Å². The molecule has 0 unspecified atom stereocenters. The predicted molar refractivity (Wildman–Crippen MR) is 97.9 cm³/mol. The molecule has 25 heavy (non-hydrogen) atoms. The number of rotatable bonds is 6. The highest BCUT2D eigenvalue weighted by atomic mass is 35.5. The number of ether oxygens (including phenoxy) is 1. The van der Waals surface area contributed by atoms with Crippen LogP contribution >= 0.6 is 22.9 Å². The number of halogens is 1. The number of nitrogens with one attached hydrogen (secondary N) is 1. The summed E-state index contributed by atoms with van der Waals surface area (Å²) >= 11 is 7.23. The van der Waals surface area contributed by atoms with Crippen LogP contribution in [0.25, 0.3) is 10.6 Å². The van der Waals surface area contributed by atoms with E-state index in [4.69, 9.17) is 16.3 Å². The molecule has 0 bridgehead atoms. The van der Waals surface area contributed by atoms with E-state index in [1.165, 1.54) is 11.3 Å². The summed E-state index contributed by atoms with van der Waals surface area (Å²) in [5.41, 5.74) is 1.42. The lowest BCUT2D eigenvalue weighted by molar-refractivity contribution is -0.124. The molecule has 0 spiro atoms. The van der Waals surface area contributed by atoms with Gasteiger partial charge in [-0.15, -0.1) is 11.3 Å². The van der Waals surface area contributed by atoms with Crippen molar-refractivity contribution < 1.29 is 14.3 Å². The molecule has 7 heteroatoms. The molecule has 1 atom stereocenters. The zero-order valence-corrected chi connectivity index (χ0v) is 15.6. The van der Waals surface area contributed by atoms with Gasteiger partial charge in [0, 0.05) is 16.6 Å². The van der Waals surface area contributed by atoms with Gasteiger partial charge in [0.15, 0.2) is 6.61 Å². The summed E-state index contributed by atoms with van der Waals surface area (Å²) in [5, 5.41) is 4.16. The molecule has 3 rings (SSSR count). The highest BCUT2D eigenvalue weighted by Crippen LogP contribution is 2.32. The monoisotopic (exact) mass is 378 g/mol. The smallest absolute Gasteiger partial charge is 0.350 e. The van der Waals surface area contributed by atoms with Crippen molar-refractivity contribution in [2.45, 2.75) is 32.7 Å². The summed E-state index contributed by atoms with van der Waals surface area (Å²) in [4.78, 5) is 28.9. The summed E-state index contributed by atoms with van der Waals surface area (Å²) in [6, 6.07) is 7.42. The number of carbonyl (C=O) groups is 2. The molecule has 1 amide bonds. The van der Waals surface area contributed by atoms with E-state index in [9.17, 15) is 9.59 Å². The molecular weight excluding hydrogens is 360 g/mol. The maximum absolute atomic E-state index is 12.3. The van der Waals surface area contributed by atoms with Crippen molar-refractivity contribution >= 4 is 34.8 Å². The van der Waals surface area contributed by atoms with Gasteiger partial charge in [-0.05, 0) is 44.7 Å². The number of benzene rings is 1. The average molecular weight is 379 g/mol. The minimum atomic E-state index is -0.530. The molecule has 5 nitrogen and oxygen atoms in total. The number of hydrogen-bond acceptors (Lipinski definition) is 5. The number of aryl methyl sites for hydroxylation is 1. The second kappa shape index (κ2) is 7.54. The number of esters is 1. The van der Waals surface area contributed by atoms with E-state index in [0.717, 1.165) is 18.4 Å². The van der Waals surface area contributed by atoms with Gasteiger partial charge < -0.3 is 10.1 Å². The van der Waals surface area contributed by atoms with Crippen LogP contribution in [0.2, 0.25) is 5.02 Å². The highest BCUT2D eigenvalue weighted by molar-refractivity contribution is 7.17. The lowest BCUT2D eigenvalue weighted by atomic mass is 10.2. The highest BCUT2D eigenvalue weighted by Gasteiger charge is 2.29. The van der Waals surface area contributed by atoms with Crippen molar-refractivity contribution in [3.63, 3.8) is 0 Å². The first-order valence-corrected chi connectivity index (χ1v) is 9.33. The van der Waals surface area contributed by atoms with Crippen LogP contribution in [0.1, 0.15) is 35.1 Å². The Hall–Kier alpha value is -1.92. The summed E-state index contributed by atoms with van der Waals surface area (Å²) in [5.74, 6) is -0.244. The minimum Gasteiger partial charge on any atom is -0.451 e. The normalized spacial score (nSPS) is 14.8. The maximum atomic E-state index is 12.3. The zero-order valence-electron chi connectivity index (χ0n) is 14.0. The molecule has 0 aliphatic heterocycles. The van der Waals surface area contributed by atoms with E-state index in [1.54, 1.807) is 19.1 Å². The largest absolute Gasteiger partial charge is 0.451 e. The molecule has 1 aliphatic rings. The number of amides is 1. The molecular formula is C18H19ClN2O3S. The molecule has 1 heterocycles. The number of nitrogens with zero attached hydrogens (tertiary/aromatic N) is 1. The van der Waals surface area contributed by atoms with E-state index in [-0.39, 0.29) is 18.6 Å². The number of carbonyl (C=O) groups excluding carboxylic acids is 2. The van der Waals surface area contributed by atoms with Crippen LogP contribution in [0, 0.1) is 12.8 Å². The van der Waals surface area contributed by atoms with Gasteiger partial charge >= 0.3 is 5.97 Å². The van der Waals surface area contributed by atoms with Crippen LogP contribution in [0.3, 0.4) is 0 Å². The molecule has 1 aliphatic carbocycles. The van der Waals surface area contributed by atoms with Gasteiger partial charge in [-0.3, -0.25) is 4.79 Å². The van der Waals surface area contributed by atoms with E-state index >= 15 is 0 Å². The van der Waals surface area contributed by atoms with Crippen molar-refractivity contribution in [2.24, 2.45) is 5.92 Å². The Morgan fingerprint density at radius 3 is 2.88 bits per heavy atom. The molecule has 132 valence electrons. The van der Waals surface area contributed by atoms with Gasteiger partial charge in [-0.2, -0.15) is 0 Å². The second-order valence-electron chi connectivity index (χ2n) is 6.21. The molecule has 0 saturated heterocycles. The lowest BCUT2D eigenvalue weighted by Gasteiger charge is -2.12. The van der Waals surface area contributed by atoms with E-state index in [2.05, 4.69) is 10.3 Å². The van der Waals surface area contributed by atoms with Gasteiger partial charge in [0.2, 0.25) is 0 Å². The van der Waals surface area contributed by atoms with Crippen LogP contribution in [0.5, 0.6) is 0 Å². The first-order valence-electron chi connectivity index (χ1n) is 8.14. The SMILES string of the molecule is Cc1nc(-c2cccc(Cl)c2)sc1C(=O)OCC(=O)N[C@H](C)C1CC1. The predicted octanol–water partition coefficient (Wildman–Crippen LogP) is 3.84. The Kier molecular flexibility index (Phi) is 5.39. The van der Waals surface area contributed by atoms with Gasteiger partial charge in [-0.1, -0.05) is 23.7 Å². The van der Waals surface area contributed by atoms with Crippen LogP contribution < -0.4 is 5.32 Å². The Balaban J connectivity index is 1.61. The van der Waals surface area contributed by atoms with Crippen LogP contribution in [0.15, 0.2) is 24.3 Å². The molecule has 0 radical (unpaired) electrons. The fourth-order valence-corrected chi connectivity index (χ4v) is 3.68. The van der Waals surface area contributed by atoms with Gasteiger partial charge in [-0.25, -0.2) is 9.78 Å². The second-order valence-corrected chi connectivity index (χ2v) is 7.65. The summed E-state index contributed by atoms with van der Waals surface area (Å²) in [6.07, 6.45) is 2.29. The molecule has 1 aromatic carbocycles. The third kappa shape index (κ3) is 4.58. The number of hydrogen-bond donors (Lipinski definition) is 1. The van der Waals surface area contributed by atoms with Crippen molar-refractivity contribution in [1.29, 1.82) is 0 Å². The van der Waals surface area contributed by atoms with Crippen LogP contribution in [-0.4, -0.2) is 29.5 Å². The van der Waals surface area contributed by atoms with Crippen molar-refractivity contribution in [2.75, 3.05) is 6.61 Å². The number of thiazole rings is 1. The van der Waals surface area contributed by atoms with Gasteiger partial charge in [0.1, 0.15) is 9.88 Å². The van der Waals surface area contributed by atoms with Crippen molar-refractivity contribution in [3.05, 3.63) is 39.9 Å². The molecule has 1 aromatic heterocycles. The van der Waals surface area contributed by atoms with E-state index in [0.29, 0.717) is 26.5 Å². The van der Waals surface area contributed by atoms with Crippen LogP contribution in [-0.2, 0) is 9.53 Å². The van der Waals surface area contributed by atoms with Crippen molar-refractivity contribution in [3.8, 4) is 10.6 Å². The number of aromatic nitrogens is 1. The van der Waals surface area contributed by atoms with E-state index < -0.39 is 5.97 Å². The molecule has 1 fully saturated rings. The quantitative estimate of drug-likeness (QED) is 0.775.